The van der Waals surface area contributed by atoms with Crippen LogP contribution in [0.1, 0.15) is 16.8 Å². The Hall–Kier alpha value is -2.41. The van der Waals surface area contributed by atoms with Gasteiger partial charge in [0, 0.05) is 23.1 Å². The van der Waals surface area contributed by atoms with Gasteiger partial charge in [0.25, 0.3) is 5.91 Å². The van der Waals surface area contributed by atoms with Crippen molar-refractivity contribution in [1.29, 1.82) is 0 Å². The lowest BCUT2D eigenvalue weighted by atomic mass is 10.0. The van der Waals surface area contributed by atoms with E-state index in [0.29, 0.717) is 28.9 Å². The maximum Gasteiger partial charge on any atom is 0.255 e. The number of carbonyl (C=O) groups excluding carboxylic acids is 2. The molecular weight excluding hydrogens is 312 g/mol. The third kappa shape index (κ3) is 2.28. The Morgan fingerprint density at radius 3 is 2.78 bits per heavy atom. The van der Waals surface area contributed by atoms with E-state index < -0.39 is 11.9 Å². The Bertz CT molecular complexity index is 803. The van der Waals surface area contributed by atoms with Gasteiger partial charge in [-0.3, -0.25) is 9.59 Å². The summed E-state index contributed by atoms with van der Waals surface area (Å²) in [7, 11) is 0. The number of anilines is 1. The van der Waals surface area contributed by atoms with Crippen LogP contribution in [0.2, 0.25) is 0 Å². The quantitative estimate of drug-likeness (QED) is 0.887. The lowest BCUT2D eigenvalue weighted by Crippen LogP contribution is -2.46. The van der Waals surface area contributed by atoms with Crippen molar-refractivity contribution in [1.82, 2.24) is 9.88 Å². The van der Waals surface area contributed by atoms with Gasteiger partial charge in [-0.05, 0) is 24.3 Å². The van der Waals surface area contributed by atoms with Gasteiger partial charge in [0.2, 0.25) is 5.91 Å². The number of amides is 2. The molecule has 0 spiro atoms. The van der Waals surface area contributed by atoms with Gasteiger partial charge < -0.3 is 16.4 Å². The molecular formula is C16H16N4O2S. The monoisotopic (exact) mass is 328 g/mol. The lowest BCUT2D eigenvalue weighted by Gasteiger charge is -2.26. The first-order valence-corrected chi connectivity index (χ1v) is 8.35. The third-order valence-electron chi connectivity index (χ3n) is 4.66. The summed E-state index contributed by atoms with van der Waals surface area (Å²) in [5, 5.41) is 2.29. The van der Waals surface area contributed by atoms with Crippen molar-refractivity contribution in [2.45, 2.75) is 12.5 Å². The third-order valence-corrected chi connectivity index (χ3v) is 5.33. The highest BCUT2D eigenvalue weighted by molar-refractivity contribution is 7.13. The van der Waals surface area contributed by atoms with Gasteiger partial charge in [-0.25, -0.2) is 4.98 Å². The summed E-state index contributed by atoms with van der Waals surface area (Å²) < 4.78 is 0. The Kier molecular flexibility index (Phi) is 3.12. The predicted octanol–water partition coefficient (Wildman–Crippen LogP) is 1.34. The molecule has 0 bridgehead atoms. The molecule has 2 amide bonds. The number of nitrogens with zero attached hydrogens (tertiary/aromatic N) is 2. The minimum absolute atomic E-state index is 0.164. The first-order valence-electron chi connectivity index (χ1n) is 7.47. The summed E-state index contributed by atoms with van der Waals surface area (Å²) >= 11 is 1.33. The van der Waals surface area contributed by atoms with Gasteiger partial charge >= 0.3 is 0 Å². The predicted molar refractivity (Wildman–Crippen MR) is 87.6 cm³/mol. The molecule has 4 N–H and O–H groups in total. The molecule has 1 aromatic heterocycles. The molecule has 23 heavy (non-hydrogen) atoms. The first kappa shape index (κ1) is 14.2. The lowest BCUT2D eigenvalue weighted by molar-refractivity contribution is -0.122. The molecule has 1 saturated carbocycles. The number of nitrogen functional groups attached to an aromatic ring is 1. The SMILES string of the molecule is NC(=O)[C@@H]1[C@@H]2C[C@@H]2CN1C(=O)c1ccccc1-c1csc(N)n1. The van der Waals surface area contributed by atoms with E-state index in [1.54, 1.807) is 11.0 Å². The summed E-state index contributed by atoms with van der Waals surface area (Å²) in [4.78, 5) is 30.6. The molecule has 1 aliphatic heterocycles. The number of rotatable bonds is 3. The molecule has 118 valence electrons. The largest absolute Gasteiger partial charge is 0.375 e. The van der Waals surface area contributed by atoms with Crippen LogP contribution in [0.25, 0.3) is 11.3 Å². The Morgan fingerprint density at radius 2 is 2.09 bits per heavy atom. The van der Waals surface area contributed by atoms with E-state index in [-0.39, 0.29) is 11.8 Å². The van der Waals surface area contributed by atoms with Crippen LogP contribution < -0.4 is 11.5 Å². The highest BCUT2D eigenvalue weighted by Gasteiger charge is 2.56. The zero-order valence-electron chi connectivity index (χ0n) is 12.3. The molecule has 1 aliphatic carbocycles. The van der Waals surface area contributed by atoms with Crippen LogP contribution in [-0.4, -0.2) is 34.3 Å². The van der Waals surface area contributed by atoms with Crippen molar-refractivity contribution in [2.24, 2.45) is 17.6 Å². The molecule has 6 nitrogen and oxygen atoms in total. The molecule has 2 heterocycles. The number of likely N-dealkylation sites (tertiary alicyclic amines) is 1. The highest BCUT2D eigenvalue weighted by atomic mass is 32.1. The van der Waals surface area contributed by atoms with E-state index in [0.717, 1.165) is 12.0 Å². The van der Waals surface area contributed by atoms with Crippen LogP contribution in [0.4, 0.5) is 5.13 Å². The smallest absolute Gasteiger partial charge is 0.255 e. The molecule has 0 unspecified atom stereocenters. The number of carbonyl (C=O) groups is 2. The first-order chi connectivity index (χ1) is 11.1. The van der Waals surface area contributed by atoms with Gasteiger partial charge in [-0.15, -0.1) is 11.3 Å². The molecule has 2 fully saturated rings. The minimum atomic E-state index is -0.485. The second-order valence-corrected chi connectivity index (χ2v) is 6.97. The van der Waals surface area contributed by atoms with E-state index in [1.807, 2.05) is 23.6 Å². The average molecular weight is 328 g/mol. The summed E-state index contributed by atoms with van der Waals surface area (Å²) in [6, 6.07) is 6.78. The van der Waals surface area contributed by atoms with Gasteiger partial charge in [0.05, 0.1) is 5.69 Å². The van der Waals surface area contributed by atoms with E-state index in [2.05, 4.69) is 4.98 Å². The molecule has 3 atom stereocenters. The van der Waals surface area contributed by atoms with Crippen molar-refractivity contribution < 1.29 is 9.59 Å². The van der Waals surface area contributed by atoms with Crippen LogP contribution in [0.3, 0.4) is 0 Å². The topological polar surface area (TPSA) is 102 Å². The van der Waals surface area contributed by atoms with Crippen molar-refractivity contribution in [3.05, 3.63) is 35.2 Å². The maximum atomic E-state index is 13.0. The molecule has 1 aromatic carbocycles. The van der Waals surface area contributed by atoms with E-state index >= 15 is 0 Å². The minimum Gasteiger partial charge on any atom is -0.375 e. The number of thiazole rings is 1. The molecule has 2 aliphatic rings. The van der Waals surface area contributed by atoms with Gasteiger partial charge in [-0.1, -0.05) is 18.2 Å². The van der Waals surface area contributed by atoms with Gasteiger partial charge in [0.1, 0.15) is 6.04 Å². The second kappa shape index (κ2) is 5.06. The second-order valence-electron chi connectivity index (χ2n) is 6.08. The zero-order valence-corrected chi connectivity index (χ0v) is 13.1. The molecule has 4 rings (SSSR count). The van der Waals surface area contributed by atoms with E-state index in [9.17, 15) is 9.59 Å². The number of nitrogens with two attached hydrogens (primary N) is 2. The van der Waals surface area contributed by atoms with Crippen molar-refractivity contribution in [3.63, 3.8) is 0 Å². The summed E-state index contributed by atoms with van der Waals surface area (Å²) in [6.07, 6.45) is 0.988. The van der Waals surface area contributed by atoms with Crippen molar-refractivity contribution in [3.8, 4) is 11.3 Å². The van der Waals surface area contributed by atoms with Crippen LogP contribution in [0.5, 0.6) is 0 Å². The standard InChI is InChI=1S/C16H16N4O2S/c17-14(21)13-11-5-8(11)6-20(13)15(22)10-4-2-1-3-9(10)12-7-23-16(18)19-12/h1-4,7-8,11,13H,5-6H2,(H2,17,21)(H2,18,19)/t8-,11-,13+/m1/s1. The van der Waals surface area contributed by atoms with Gasteiger partial charge in [0.15, 0.2) is 5.13 Å². The van der Waals surface area contributed by atoms with E-state index in [4.69, 9.17) is 11.5 Å². The number of aromatic nitrogens is 1. The van der Waals surface area contributed by atoms with Crippen LogP contribution >= 0.6 is 11.3 Å². The molecule has 1 saturated heterocycles. The fraction of sp³-hybridized carbons (Fsp3) is 0.312. The molecule has 0 radical (unpaired) electrons. The summed E-state index contributed by atoms with van der Waals surface area (Å²) in [5.74, 6) is 0.0685. The Balaban J connectivity index is 1.71. The number of benzene rings is 1. The summed E-state index contributed by atoms with van der Waals surface area (Å²) in [6.45, 7) is 0.602. The molecule has 2 aromatic rings. The molecule has 7 heteroatoms. The van der Waals surface area contributed by atoms with E-state index in [1.165, 1.54) is 11.3 Å². The van der Waals surface area contributed by atoms with Crippen LogP contribution in [-0.2, 0) is 4.79 Å². The van der Waals surface area contributed by atoms with Crippen LogP contribution in [0, 0.1) is 11.8 Å². The Labute approximate surface area is 137 Å². The normalized spacial score (nSPS) is 25.2. The maximum absolute atomic E-state index is 13.0. The zero-order chi connectivity index (χ0) is 16.1. The fourth-order valence-electron chi connectivity index (χ4n) is 3.50. The number of piperidine rings is 1. The van der Waals surface area contributed by atoms with Gasteiger partial charge in [-0.2, -0.15) is 0 Å². The number of hydrogen-bond acceptors (Lipinski definition) is 5. The van der Waals surface area contributed by atoms with Crippen LogP contribution in [0.15, 0.2) is 29.6 Å². The Morgan fingerprint density at radius 1 is 1.30 bits per heavy atom. The number of hydrogen-bond donors (Lipinski definition) is 2. The highest BCUT2D eigenvalue weighted by Crippen LogP contribution is 2.50. The average Bonchev–Trinajstić information content (AvgIpc) is 2.99. The fourth-order valence-corrected chi connectivity index (χ4v) is 4.06. The summed E-state index contributed by atoms with van der Waals surface area (Å²) in [5.41, 5.74) is 13.2. The number of primary amides is 1. The van der Waals surface area contributed by atoms with Crippen molar-refractivity contribution >= 4 is 28.3 Å². The number of fused-ring (bicyclic) bond motifs is 1. The van der Waals surface area contributed by atoms with Crippen molar-refractivity contribution in [2.75, 3.05) is 12.3 Å².